The Morgan fingerprint density at radius 1 is 1.35 bits per heavy atom. The Labute approximate surface area is 117 Å². The molecule has 0 heterocycles. The Balaban J connectivity index is 2.19. The molecule has 2 N–H and O–H groups in total. The Bertz CT molecular complexity index is 576. The van der Waals surface area contributed by atoms with Crippen LogP contribution in [0.15, 0.2) is 23.1 Å². The van der Waals surface area contributed by atoms with E-state index in [9.17, 15) is 17.9 Å². The summed E-state index contributed by atoms with van der Waals surface area (Å²) in [5, 5.41) is 9.79. The minimum atomic E-state index is -3.85. The number of aliphatic hydroxyl groups is 1. The maximum Gasteiger partial charge on any atom is 0.241 e. The lowest BCUT2D eigenvalue weighted by atomic mass is 9.93. The zero-order chi connectivity index (χ0) is 14.8. The Morgan fingerprint density at radius 2 is 2.05 bits per heavy atom. The van der Waals surface area contributed by atoms with Crippen LogP contribution in [0.3, 0.4) is 0 Å². The fourth-order valence-electron chi connectivity index (χ4n) is 2.33. The highest BCUT2D eigenvalue weighted by molar-refractivity contribution is 7.89. The number of hydrogen-bond donors (Lipinski definition) is 2. The van der Waals surface area contributed by atoms with Gasteiger partial charge in [-0.2, -0.15) is 0 Å². The van der Waals surface area contributed by atoms with Crippen LogP contribution >= 0.6 is 0 Å². The Morgan fingerprint density at radius 3 is 2.65 bits per heavy atom. The lowest BCUT2D eigenvalue weighted by Gasteiger charge is -2.28. The maximum atomic E-state index is 13.6. The second kappa shape index (κ2) is 6.07. The summed E-state index contributed by atoms with van der Waals surface area (Å²) in [5.74, 6) is -0.749. The Kier molecular flexibility index (Phi) is 4.62. The number of aliphatic hydroxyl groups excluding tert-OH is 1. The van der Waals surface area contributed by atoms with Gasteiger partial charge < -0.3 is 9.84 Å². The highest BCUT2D eigenvalue weighted by atomic mass is 32.2. The molecule has 112 valence electrons. The van der Waals surface area contributed by atoms with E-state index in [4.69, 9.17) is 4.74 Å². The molecule has 7 heteroatoms. The number of methoxy groups -OCH3 is 1. The fraction of sp³-hybridized carbons (Fsp3) is 0.538. The summed E-state index contributed by atoms with van der Waals surface area (Å²) in [6.07, 6.45) is 2.21. The van der Waals surface area contributed by atoms with Crippen LogP contribution in [0.1, 0.15) is 25.7 Å². The summed E-state index contributed by atoms with van der Waals surface area (Å²) in [6, 6.07) is 2.94. The monoisotopic (exact) mass is 303 g/mol. The van der Waals surface area contributed by atoms with Crippen LogP contribution in [-0.2, 0) is 10.0 Å². The van der Waals surface area contributed by atoms with E-state index >= 15 is 0 Å². The quantitative estimate of drug-likeness (QED) is 0.882. The van der Waals surface area contributed by atoms with Gasteiger partial charge in [-0.1, -0.05) is 12.8 Å². The van der Waals surface area contributed by atoms with Crippen LogP contribution in [0, 0.1) is 5.82 Å². The molecule has 0 spiro atoms. The van der Waals surface area contributed by atoms with Gasteiger partial charge in [0.1, 0.15) is 0 Å². The molecule has 1 aliphatic carbocycles. The SMILES string of the molecule is COc1ccc(S(=O)(=O)NC2CCCCC2O)cc1F. The molecule has 0 bridgehead atoms. The molecular formula is C13H18FNO4S. The van der Waals surface area contributed by atoms with E-state index < -0.39 is 28.0 Å². The molecule has 1 saturated carbocycles. The number of benzene rings is 1. The third-order valence-corrected chi connectivity index (χ3v) is 4.96. The largest absolute Gasteiger partial charge is 0.494 e. The molecule has 0 radical (unpaired) electrons. The van der Waals surface area contributed by atoms with Gasteiger partial charge in [0, 0.05) is 6.04 Å². The molecule has 2 atom stereocenters. The summed E-state index contributed by atoms with van der Waals surface area (Å²) in [4.78, 5) is -0.173. The third-order valence-electron chi connectivity index (χ3n) is 3.47. The van der Waals surface area contributed by atoms with Gasteiger partial charge in [0.05, 0.1) is 18.1 Å². The summed E-state index contributed by atoms with van der Waals surface area (Å²) in [6.45, 7) is 0. The molecule has 1 aromatic rings. The number of halogens is 1. The van der Waals surface area contributed by atoms with Crippen molar-refractivity contribution in [2.45, 2.75) is 42.7 Å². The van der Waals surface area contributed by atoms with E-state index in [1.54, 1.807) is 0 Å². The van der Waals surface area contributed by atoms with Crippen molar-refractivity contribution in [3.8, 4) is 5.75 Å². The van der Waals surface area contributed by atoms with Gasteiger partial charge in [-0.05, 0) is 31.0 Å². The van der Waals surface area contributed by atoms with Crippen LogP contribution in [-0.4, -0.2) is 32.8 Å². The number of sulfonamides is 1. The molecule has 2 rings (SSSR count). The van der Waals surface area contributed by atoms with Crippen molar-refractivity contribution in [3.63, 3.8) is 0 Å². The first-order valence-corrected chi connectivity index (χ1v) is 7.96. The predicted octanol–water partition coefficient (Wildman–Crippen LogP) is 1.42. The van der Waals surface area contributed by atoms with E-state index in [0.29, 0.717) is 12.8 Å². The predicted molar refractivity (Wildman–Crippen MR) is 71.5 cm³/mol. The first-order chi connectivity index (χ1) is 9.44. The van der Waals surface area contributed by atoms with Crippen molar-refractivity contribution in [3.05, 3.63) is 24.0 Å². The van der Waals surface area contributed by atoms with E-state index in [2.05, 4.69) is 4.72 Å². The lowest BCUT2D eigenvalue weighted by molar-refractivity contribution is 0.101. The smallest absolute Gasteiger partial charge is 0.241 e. The van der Waals surface area contributed by atoms with Crippen molar-refractivity contribution in [1.29, 1.82) is 0 Å². The van der Waals surface area contributed by atoms with Crippen LogP contribution in [0.5, 0.6) is 5.75 Å². The summed E-state index contributed by atoms with van der Waals surface area (Å²) >= 11 is 0. The minimum Gasteiger partial charge on any atom is -0.494 e. The van der Waals surface area contributed by atoms with Gasteiger partial charge in [-0.25, -0.2) is 17.5 Å². The Hall–Kier alpha value is -1.18. The minimum absolute atomic E-state index is 0.0124. The van der Waals surface area contributed by atoms with Crippen molar-refractivity contribution in [2.75, 3.05) is 7.11 Å². The van der Waals surface area contributed by atoms with Crippen LogP contribution in [0.25, 0.3) is 0 Å². The molecule has 0 aromatic heterocycles. The van der Waals surface area contributed by atoms with Crippen molar-refractivity contribution < 1.29 is 22.7 Å². The average molecular weight is 303 g/mol. The highest BCUT2D eigenvalue weighted by Crippen LogP contribution is 2.23. The lowest BCUT2D eigenvalue weighted by Crippen LogP contribution is -2.44. The molecule has 0 aliphatic heterocycles. The van der Waals surface area contributed by atoms with Crippen molar-refractivity contribution in [2.24, 2.45) is 0 Å². The first kappa shape index (κ1) is 15.2. The fourth-order valence-corrected chi connectivity index (χ4v) is 3.65. The van der Waals surface area contributed by atoms with Gasteiger partial charge in [-0.15, -0.1) is 0 Å². The van der Waals surface area contributed by atoms with Gasteiger partial charge >= 0.3 is 0 Å². The molecule has 20 heavy (non-hydrogen) atoms. The van der Waals surface area contributed by atoms with E-state index in [1.807, 2.05) is 0 Å². The topological polar surface area (TPSA) is 75.6 Å². The summed E-state index contributed by atoms with van der Waals surface area (Å²) in [5.41, 5.74) is 0. The second-order valence-electron chi connectivity index (χ2n) is 4.88. The van der Waals surface area contributed by atoms with Crippen LogP contribution in [0.4, 0.5) is 4.39 Å². The zero-order valence-electron chi connectivity index (χ0n) is 11.2. The summed E-state index contributed by atoms with van der Waals surface area (Å²) in [7, 11) is -2.54. The van der Waals surface area contributed by atoms with E-state index in [1.165, 1.54) is 19.2 Å². The number of hydrogen-bond acceptors (Lipinski definition) is 4. The normalized spacial score (nSPS) is 23.6. The molecule has 0 saturated heterocycles. The number of nitrogens with one attached hydrogen (secondary N) is 1. The van der Waals surface area contributed by atoms with Crippen molar-refractivity contribution in [1.82, 2.24) is 4.72 Å². The molecule has 2 unspecified atom stereocenters. The van der Waals surface area contributed by atoms with Gasteiger partial charge in [-0.3, -0.25) is 0 Å². The maximum absolute atomic E-state index is 13.6. The van der Waals surface area contributed by atoms with Crippen LogP contribution in [0.2, 0.25) is 0 Å². The van der Waals surface area contributed by atoms with Crippen molar-refractivity contribution >= 4 is 10.0 Å². The van der Waals surface area contributed by atoms with E-state index in [-0.39, 0.29) is 10.6 Å². The molecule has 0 amide bonds. The van der Waals surface area contributed by atoms with Gasteiger partial charge in [0.2, 0.25) is 10.0 Å². The standard InChI is InChI=1S/C13H18FNO4S/c1-19-13-7-6-9(8-10(13)14)20(17,18)15-11-4-2-3-5-12(11)16/h6-8,11-12,15-16H,2-5H2,1H3. The van der Waals surface area contributed by atoms with E-state index in [0.717, 1.165) is 18.9 Å². The first-order valence-electron chi connectivity index (χ1n) is 6.48. The molecule has 5 nitrogen and oxygen atoms in total. The molecule has 1 aliphatic rings. The number of ether oxygens (including phenoxy) is 1. The molecule has 1 aromatic carbocycles. The van der Waals surface area contributed by atoms with Gasteiger partial charge in [0.15, 0.2) is 11.6 Å². The number of rotatable bonds is 4. The van der Waals surface area contributed by atoms with Gasteiger partial charge in [0.25, 0.3) is 0 Å². The second-order valence-corrected chi connectivity index (χ2v) is 6.59. The zero-order valence-corrected chi connectivity index (χ0v) is 12.0. The van der Waals surface area contributed by atoms with Crippen LogP contribution < -0.4 is 9.46 Å². The molecule has 1 fully saturated rings. The summed E-state index contributed by atoms with van der Waals surface area (Å²) < 4.78 is 45.1. The highest BCUT2D eigenvalue weighted by Gasteiger charge is 2.28. The third kappa shape index (κ3) is 3.28. The average Bonchev–Trinajstić information content (AvgIpc) is 2.41. The molecular weight excluding hydrogens is 285 g/mol.